The lowest BCUT2D eigenvalue weighted by Gasteiger charge is -2.33. The Balaban J connectivity index is 1.95. The number of nitrogens with zero attached hydrogens (tertiary/aromatic N) is 2. The third kappa shape index (κ3) is 4.03. The molecular formula is C18H15ClF4N4O3. The number of halogens is 5. The molecule has 30 heavy (non-hydrogen) atoms. The van der Waals surface area contributed by atoms with Gasteiger partial charge in [-0.1, -0.05) is 11.6 Å². The Morgan fingerprint density at radius 1 is 1.43 bits per heavy atom. The van der Waals surface area contributed by atoms with E-state index in [1.54, 1.807) is 0 Å². The molecule has 12 heteroatoms. The molecule has 1 aliphatic rings. The van der Waals surface area contributed by atoms with Gasteiger partial charge in [-0.05, 0) is 6.07 Å². The van der Waals surface area contributed by atoms with Crippen molar-refractivity contribution >= 4 is 29.0 Å². The van der Waals surface area contributed by atoms with Gasteiger partial charge in [0.1, 0.15) is 23.9 Å². The van der Waals surface area contributed by atoms with Crippen molar-refractivity contribution in [3.05, 3.63) is 52.3 Å². The first-order chi connectivity index (χ1) is 15.3. The fourth-order valence-corrected chi connectivity index (χ4v) is 3.05. The zero-order valence-corrected chi connectivity index (χ0v) is 15.6. The highest BCUT2D eigenvalue weighted by atomic mass is 35.5. The Bertz CT molecular complexity index is 1120. The van der Waals surface area contributed by atoms with Crippen LogP contribution in [0.4, 0.5) is 23.2 Å². The van der Waals surface area contributed by atoms with Crippen LogP contribution in [0.5, 0.6) is 5.75 Å². The number of nitrogens with one attached hydrogen (secondary N) is 1. The molecule has 0 fully saturated rings. The van der Waals surface area contributed by atoms with Gasteiger partial charge in [0.15, 0.2) is 17.2 Å². The summed E-state index contributed by atoms with van der Waals surface area (Å²) in [5, 5.41) is 1.85. The monoisotopic (exact) mass is 449 g/mol. The van der Waals surface area contributed by atoms with Crippen LogP contribution < -0.4 is 15.8 Å². The third-order valence-corrected chi connectivity index (χ3v) is 4.47. The topological polar surface area (TPSA) is 98.8 Å². The zero-order chi connectivity index (χ0) is 24.6. The van der Waals surface area contributed by atoms with Gasteiger partial charge in [-0.25, -0.2) is 22.5 Å². The summed E-state index contributed by atoms with van der Waals surface area (Å²) >= 11 is 5.94. The Hall–Kier alpha value is -2.92. The first kappa shape index (κ1) is 17.9. The Kier molecular flexibility index (Phi) is 5.04. The van der Waals surface area contributed by atoms with Gasteiger partial charge in [-0.3, -0.25) is 9.79 Å². The molecule has 3 rings (SSSR count). The summed E-state index contributed by atoms with van der Waals surface area (Å²) in [4.78, 5) is 19.9. The average Bonchev–Trinajstić information content (AvgIpc) is 2.69. The number of alkyl halides is 2. The number of aliphatic imine (C=N–C) groups is 1. The fourth-order valence-electron chi connectivity index (χ4n) is 2.81. The molecule has 3 N–H and O–H groups in total. The lowest BCUT2D eigenvalue weighted by atomic mass is 9.89. The molecule has 0 aliphatic carbocycles. The number of hydrogen-bond donors (Lipinski definition) is 2. The molecule has 0 bridgehead atoms. The summed E-state index contributed by atoms with van der Waals surface area (Å²) in [5.41, 5.74) is 1.14. The highest BCUT2D eigenvalue weighted by Gasteiger charge is 2.47. The van der Waals surface area contributed by atoms with Crippen LogP contribution in [0.1, 0.15) is 20.2 Å². The number of pyridine rings is 1. The van der Waals surface area contributed by atoms with E-state index in [9.17, 15) is 22.4 Å². The molecule has 0 saturated heterocycles. The standard InChI is InChI=1S/C18H15ClF4N4O3/c1-29-9-4-11(19)15(25-5-9)16(28)26-8-2-10(14(21)12(20)3-8)18(17(22)23)7-30-6-13(24)27-18/h2-5,17H,6-7H2,1H3,(H2,24,27)(H,26,28)/t18-/m0/s1/i1D3. The molecule has 0 radical (unpaired) electrons. The van der Waals surface area contributed by atoms with Crippen molar-refractivity contribution in [1.29, 1.82) is 0 Å². The van der Waals surface area contributed by atoms with Gasteiger partial charge in [-0.2, -0.15) is 0 Å². The molecule has 1 aliphatic heterocycles. The van der Waals surface area contributed by atoms with Gasteiger partial charge >= 0.3 is 0 Å². The van der Waals surface area contributed by atoms with E-state index in [-0.39, 0.29) is 23.2 Å². The molecule has 0 spiro atoms. The maximum absolute atomic E-state index is 14.5. The maximum atomic E-state index is 14.5. The van der Waals surface area contributed by atoms with Crippen LogP contribution in [0.15, 0.2) is 29.4 Å². The smallest absolute Gasteiger partial charge is 0.275 e. The van der Waals surface area contributed by atoms with Gasteiger partial charge in [0.2, 0.25) is 0 Å². The first-order valence-electron chi connectivity index (χ1n) is 9.68. The first-order valence-corrected chi connectivity index (χ1v) is 8.56. The zero-order valence-electron chi connectivity index (χ0n) is 17.9. The minimum Gasteiger partial charge on any atom is -0.495 e. The predicted octanol–water partition coefficient (Wildman–Crippen LogP) is 3.12. The van der Waals surface area contributed by atoms with Crippen molar-refractivity contribution in [3.8, 4) is 5.75 Å². The predicted molar refractivity (Wildman–Crippen MR) is 100 cm³/mol. The number of methoxy groups -OCH3 is 1. The van der Waals surface area contributed by atoms with Crippen molar-refractivity contribution in [2.45, 2.75) is 12.0 Å². The van der Waals surface area contributed by atoms with Crippen LogP contribution in [0, 0.1) is 11.6 Å². The molecule has 1 atom stereocenters. The number of carbonyl (C=O) groups excluding carboxylic acids is 1. The van der Waals surface area contributed by atoms with Crippen molar-refractivity contribution in [2.24, 2.45) is 10.7 Å². The van der Waals surface area contributed by atoms with Crippen molar-refractivity contribution in [1.82, 2.24) is 4.98 Å². The third-order valence-electron chi connectivity index (χ3n) is 4.18. The summed E-state index contributed by atoms with van der Waals surface area (Å²) in [6, 6.07) is 2.34. The Morgan fingerprint density at radius 2 is 2.20 bits per heavy atom. The molecule has 2 heterocycles. The van der Waals surface area contributed by atoms with E-state index in [1.165, 1.54) is 0 Å². The Labute approximate surface area is 177 Å². The van der Waals surface area contributed by atoms with E-state index >= 15 is 0 Å². The van der Waals surface area contributed by atoms with Crippen molar-refractivity contribution in [2.75, 3.05) is 25.6 Å². The van der Waals surface area contributed by atoms with Gasteiger partial charge in [0.05, 0.1) is 29.0 Å². The van der Waals surface area contributed by atoms with Gasteiger partial charge in [-0.15, -0.1) is 0 Å². The number of ether oxygens (including phenoxy) is 2. The highest BCUT2D eigenvalue weighted by molar-refractivity contribution is 6.34. The van der Waals surface area contributed by atoms with E-state index < -0.39 is 60.1 Å². The minimum absolute atomic E-state index is 0.252. The number of benzene rings is 1. The van der Waals surface area contributed by atoms with E-state index in [0.717, 1.165) is 18.3 Å². The normalized spacial score (nSPS) is 20.7. The fraction of sp³-hybridized carbons (Fsp3) is 0.278. The van der Waals surface area contributed by atoms with Gasteiger partial charge in [0.25, 0.3) is 12.3 Å². The second-order valence-electron chi connectivity index (χ2n) is 6.20. The lowest BCUT2D eigenvalue weighted by Crippen LogP contribution is -2.45. The number of hydrogen-bond acceptors (Lipinski definition) is 6. The molecule has 0 saturated carbocycles. The summed E-state index contributed by atoms with van der Waals surface area (Å²) in [6.07, 6.45) is -2.41. The van der Waals surface area contributed by atoms with E-state index in [2.05, 4.69) is 20.0 Å². The van der Waals surface area contributed by atoms with Gasteiger partial charge in [0, 0.05) is 23.4 Å². The van der Waals surface area contributed by atoms with Crippen LogP contribution in [-0.2, 0) is 10.3 Å². The number of carbonyl (C=O) groups is 1. The van der Waals surface area contributed by atoms with Crippen molar-refractivity contribution < 1.29 is 35.9 Å². The number of aromatic nitrogens is 1. The molecule has 1 aromatic carbocycles. The molecular weight excluding hydrogens is 432 g/mol. The number of rotatable bonds is 5. The van der Waals surface area contributed by atoms with Crippen LogP contribution in [-0.4, -0.2) is 43.4 Å². The van der Waals surface area contributed by atoms with Crippen LogP contribution in [0.25, 0.3) is 0 Å². The number of nitrogens with two attached hydrogens (primary N) is 1. The second-order valence-corrected chi connectivity index (χ2v) is 6.61. The summed E-state index contributed by atoms with van der Waals surface area (Å²) in [5.74, 6) is -4.77. The summed E-state index contributed by atoms with van der Waals surface area (Å²) in [6.45, 7) is -1.04. The van der Waals surface area contributed by atoms with E-state index in [1.807, 2.05) is 0 Å². The van der Waals surface area contributed by atoms with Crippen LogP contribution in [0.2, 0.25) is 5.02 Å². The molecule has 7 nitrogen and oxygen atoms in total. The van der Waals surface area contributed by atoms with Crippen LogP contribution in [0.3, 0.4) is 0 Å². The van der Waals surface area contributed by atoms with Gasteiger partial charge < -0.3 is 20.5 Å². The minimum atomic E-state index is -3.32. The Morgan fingerprint density at radius 3 is 2.83 bits per heavy atom. The van der Waals surface area contributed by atoms with Crippen molar-refractivity contribution in [3.63, 3.8) is 0 Å². The SMILES string of the molecule is [2H]C([2H])([2H])Oc1cnc(C(=O)Nc2cc(F)c(F)c([C@]3(C(F)F)COCC(N)=N3)c2)c(Cl)c1. The highest BCUT2D eigenvalue weighted by Crippen LogP contribution is 2.38. The second kappa shape index (κ2) is 8.44. The summed E-state index contributed by atoms with van der Waals surface area (Å²) in [7, 11) is -2.79. The molecule has 1 aromatic heterocycles. The van der Waals surface area contributed by atoms with E-state index in [0.29, 0.717) is 6.07 Å². The maximum Gasteiger partial charge on any atom is 0.275 e. The molecule has 160 valence electrons. The lowest BCUT2D eigenvalue weighted by molar-refractivity contribution is -0.0148. The number of anilines is 1. The molecule has 2 aromatic rings. The quantitative estimate of drug-likeness (QED) is 0.683. The average molecular weight is 450 g/mol. The largest absolute Gasteiger partial charge is 0.495 e. The summed E-state index contributed by atoms with van der Waals surface area (Å²) < 4.78 is 87.3. The van der Waals surface area contributed by atoms with Crippen LogP contribution >= 0.6 is 11.6 Å². The van der Waals surface area contributed by atoms with E-state index in [4.69, 9.17) is 26.2 Å². The molecule has 0 unspecified atom stereocenters. The molecule has 1 amide bonds. The number of amides is 1. The number of amidine groups is 1.